The van der Waals surface area contributed by atoms with Gasteiger partial charge in [-0.15, -0.1) is 0 Å². The predicted molar refractivity (Wildman–Crippen MR) is 270 cm³/mol. The van der Waals surface area contributed by atoms with Crippen molar-refractivity contribution >= 4 is 70.9 Å². The van der Waals surface area contributed by atoms with Crippen LogP contribution in [0.25, 0.3) is 98.4 Å². The number of benzene rings is 12. The molecule has 0 saturated carbocycles. The second-order valence-electron chi connectivity index (χ2n) is 16.4. The number of para-hydroxylation sites is 1. The molecule has 294 valence electrons. The zero-order valence-corrected chi connectivity index (χ0v) is 34.6. The van der Waals surface area contributed by atoms with Crippen LogP contribution in [-0.4, -0.2) is 0 Å². The molecule has 0 aliphatic heterocycles. The van der Waals surface area contributed by atoms with Crippen LogP contribution >= 0.6 is 0 Å². The first kappa shape index (κ1) is 36.6. The monoisotopic (exact) mass is 799 g/mol. The quantitative estimate of drug-likeness (QED) is 0.145. The van der Waals surface area contributed by atoms with Crippen molar-refractivity contribution in [3.63, 3.8) is 0 Å². The SMILES string of the molecule is c1ccc(-c2cc(N(c3ccccc3)c3ccc(-c4cc5ccccc5c5ccccc45)cc3)ccc2-c2cccc(-c3cccc4c3ccc3ccc5ccccc5c34)c2)cc1. The minimum atomic E-state index is 1.09. The van der Waals surface area contributed by atoms with Gasteiger partial charge in [0.2, 0.25) is 0 Å². The standard InChI is InChI=1S/C62H41N/c1-3-15-42(16-4-1)61-41-51(63(49-21-5-2-6-22-49)50-34-31-44(32-35-50)60-40-48-18-8-9-23-52(48)56-25-11-12-26-57(56)60)36-38-54(61)47-20-13-19-46(39-47)53-27-14-28-59-58(53)37-33-45-30-29-43-17-7-10-24-55(43)62(45)59/h1-41H. The molecule has 0 aliphatic carbocycles. The Bertz CT molecular complexity index is 3660. The van der Waals surface area contributed by atoms with E-state index in [0.717, 1.165) is 17.1 Å². The van der Waals surface area contributed by atoms with Crippen LogP contribution in [0, 0.1) is 0 Å². The fourth-order valence-corrected chi connectivity index (χ4v) is 9.86. The Morgan fingerprint density at radius 2 is 0.746 bits per heavy atom. The van der Waals surface area contributed by atoms with Gasteiger partial charge in [0.25, 0.3) is 0 Å². The molecule has 0 unspecified atom stereocenters. The van der Waals surface area contributed by atoms with E-state index >= 15 is 0 Å². The van der Waals surface area contributed by atoms with Crippen LogP contribution < -0.4 is 4.90 Å². The minimum absolute atomic E-state index is 1.09. The fourth-order valence-electron chi connectivity index (χ4n) is 9.86. The second kappa shape index (κ2) is 15.3. The zero-order chi connectivity index (χ0) is 41.7. The molecule has 0 aliphatic rings. The van der Waals surface area contributed by atoms with Gasteiger partial charge in [-0.2, -0.15) is 0 Å². The average Bonchev–Trinajstić information content (AvgIpc) is 3.36. The van der Waals surface area contributed by atoms with Crippen molar-refractivity contribution in [1.82, 2.24) is 0 Å². The number of hydrogen-bond acceptors (Lipinski definition) is 1. The highest BCUT2D eigenvalue weighted by Crippen LogP contribution is 2.44. The molecule has 0 aromatic heterocycles. The van der Waals surface area contributed by atoms with Crippen molar-refractivity contribution in [2.24, 2.45) is 0 Å². The summed E-state index contributed by atoms with van der Waals surface area (Å²) in [6.07, 6.45) is 0. The summed E-state index contributed by atoms with van der Waals surface area (Å²) in [4.78, 5) is 2.37. The molecule has 12 aromatic carbocycles. The first-order valence-corrected chi connectivity index (χ1v) is 21.7. The minimum Gasteiger partial charge on any atom is -0.310 e. The second-order valence-corrected chi connectivity index (χ2v) is 16.4. The van der Waals surface area contributed by atoms with Gasteiger partial charge in [-0.3, -0.25) is 0 Å². The summed E-state index contributed by atoms with van der Waals surface area (Å²) in [6, 6.07) is 91.0. The highest BCUT2D eigenvalue weighted by atomic mass is 15.1. The van der Waals surface area contributed by atoms with Crippen LogP contribution in [-0.2, 0) is 0 Å². The van der Waals surface area contributed by atoms with E-state index in [1.54, 1.807) is 0 Å². The first-order chi connectivity index (χ1) is 31.2. The van der Waals surface area contributed by atoms with Gasteiger partial charge in [-0.25, -0.2) is 0 Å². The normalized spacial score (nSPS) is 11.5. The van der Waals surface area contributed by atoms with Gasteiger partial charge in [0.1, 0.15) is 0 Å². The molecule has 0 fully saturated rings. The summed E-state index contributed by atoms with van der Waals surface area (Å²) in [5.41, 5.74) is 12.9. The lowest BCUT2D eigenvalue weighted by atomic mass is 9.89. The Morgan fingerprint density at radius 3 is 1.56 bits per heavy atom. The largest absolute Gasteiger partial charge is 0.310 e. The smallest absolute Gasteiger partial charge is 0.0468 e. The van der Waals surface area contributed by atoms with Crippen LogP contribution in [0.3, 0.4) is 0 Å². The van der Waals surface area contributed by atoms with Crippen LogP contribution in [0.2, 0.25) is 0 Å². The average molecular weight is 800 g/mol. The van der Waals surface area contributed by atoms with Crippen LogP contribution in [0.5, 0.6) is 0 Å². The number of fused-ring (bicyclic) bond motifs is 8. The van der Waals surface area contributed by atoms with Crippen molar-refractivity contribution in [3.05, 3.63) is 249 Å². The van der Waals surface area contributed by atoms with E-state index in [0.29, 0.717) is 0 Å². The lowest BCUT2D eigenvalue weighted by Crippen LogP contribution is -2.10. The van der Waals surface area contributed by atoms with Gasteiger partial charge >= 0.3 is 0 Å². The molecule has 0 atom stereocenters. The van der Waals surface area contributed by atoms with Crippen molar-refractivity contribution < 1.29 is 0 Å². The molecule has 0 spiro atoms. The molecule has 12 rings (SSSR count). The first-order valence-electron chi connectivity index (χ1n) is 21.7. The van der Waals surface area contributed by atoms with Gasteiger partial charge in [-0.1, -0.05) is 200 Å². The maximum Gasteiger partial charge on any atom is 0.0468 e. The third-order valence-corrected chi connectivity index (χ3v) is 12.8. The number of hydrogen-bond donors (Lipinski definition) is 0. The summed E-state index contributed by atoms with van der Waals surface area (Å²) in [7, 11) is 0. The summed E-state index contributed by atoms with van der Waals surface area (Å²) in [6.45, 7) is 0. The molecule has 1 heteroatoms. The molecule has 0 radical (unpaired) electrons. The molecule has 1 nitrogen and oxygen atoms in total. The topological polar surface area (TPSA) is 3.24 Å². The summed E-state index contributed by atoms with van der Waals surface area (Å²) >= 11 is 0. The van der Waals surface area contributed by atoms with Gasteiger partial charge in [-0.05, 0) is 147 Å². The Morgan fingerprint density at radius 1 is 0.206 bits per heavy atom. The molecular formula is C62H41N. The van der Waals surface area contributed by atoms with E-state index in [4.69, 9.17) is 0 Å². The summed E-state index contributed by atoms with van der Waals surface area (Å²) < 4.78 is 0. The molecule has 0 bridgehead atoms. The number of nitrogens with zero attached hydrogens (tertiary/aromatic N) is 1. The predicted octanol–water partition coefficient (Wildman–Crippen LogP) is 17.6. The molecule has 0 N–H and O–H groups in total. The lowest BCUT2D eigenvalue weighted by molar-refractivity contribution is 1.28. The third kappa shape index (κ3) is 6.42. The lowest BCUT2D eigenvalue weighted by Gasteiger charge is -2.27. The number of anilines is 3. The molecule has 0 amide bonds. The van der Waals surface area contributed by atoms with Gasteiger partial charge in [0.15, 0.2) is 0 Å². The van der Waals surface area contributed by atoms with E-state index < -0.39 is 0 Å². The molecule has 0 saturated heterocycles. The highest BCUT2D eigenvalue weighted by molar-refractivity contribution is 6.22. The zero-order valence-electron chi connectivity index (χ0n) is 34.6. The Kier molecular flexibility index (Phi) is 8.90. The molecule has 12 aromatic rings. The van der Waals surface area contributed by atoms with Crippen molar-refractivity contribution in [2.75, 3.05) is 4.90 Å². The van der Waals surface area contributed by atoms with Crippen LogP contribution in [0.4, 0.5) is 17.1 Å². The van der Waals surface area contributed by atoms with Gasteiger partial charge in [0, 0.05) is 17.1 Å². The van der Waals surface area contributed by atoms with Gasteiger partial charge in [0.05, 0.1) is 0 Å². The Hall–Kier alpha value is -8.26. The van der Waals surface area contributed by atoms with Crippen LogP contribution in [0.15, 0.2) is 249 Å². The van der Waals surface area contributed by atoms with E-state index in [9.17, 15) is 0 Å². The molecule has 0 heterocycles. The fraction of sp³-hybridized carbons (Fsp3) is 0. The van der Waals surface area contributed by atoms with E-state index in [2.05, 4.69) is 254 Å². The number of rotatable bonds is 7. The van der Waals surface area contributed by atoms with E-state index in [-0.39, 0.29) is 0 Å². The molecular weight excluding hydrogens is 759 g/mol. The highest BCUT2D eigenvalue weighted by Gasteiger charge is 2.18. The Balaban J connectivity index is 0.978. The summed E-state index contributed by atoms with van der Waals surface area (Å²) in [5.74, 6) is 0. The van der Waals surface area contributed by atoms with Crippen molar-refractivity contribution in [3.8, 4) is 44.5 Å². The van der Waals surface area contributed by atoms with E-state index in [1.807, 2.05) is 0 Å². The van der Waals surface area contributed by atoms with E-state index in [1.165, 1.54) is 98.4 Å². The maximum absolute atomic E-state index is 2.37. The molecule has 63 heavy (non-hydrogen) atoms. The third-order valence-electron chi connectivity index (χ3n) is 12.8. The summed E-state index contributed by atoms with van der Waals surface area (Å²) in [5, 5.41) is 12.7. The van der Waals surface area contributed by atoms with Crippen molar-refractivity contribution in [2.45, 2.75) is 0 Å². The van der Waals surface area contributed by atoms with Gasteiger partial charge < -0.3 is 4.90 Å². The van der Waals surface area contributed by atoms with Crippen LogP contribution in [0.1, 0.15) is 0 Å². The Labute approximate surface area is 367 Å². The van der Waals surface area contributed by atoms with Crippen molar-refractivity contribution in [1.29, 1.82) is 0 Å². The maximum atomic E-state index is 2.37.